The molecule has 0 aromatic heterocycles. The van der Waals surface area contributed by atoms with E-state index in [9.17, 15) is 9.59 Å². The van der Waals surface area contributed by atoms with Crippen LogP contribution in [0.4, 0.5) is 5.69 Å². The molecule has 6 nitrogen and oxygen atoms in total. The molecule has 1 N–H and O–H groups in total. The molecule has 0 unspecified atom stereocenters. The number of carbonyl (C=O) groups is 2. The number of carbonyl (C=O) groups excluding carboxylic acids is 2. The summed E-state index contributed by atoms with van der Waals surface area (Å²) < 4.78 is 10.6. The van der Waals surface area contributed by atoms with E-state index in [1.807, 2.05) is 19.9 Å². The second-order valence-electron chi connectivity index (χ2n) is 6.85. The zero-order chi connectivity index (χ0) is 21.7. The smallest absolute Gasteiger partial charge is 0.278 e. The van der Waals surface area contributed by atoms with Crippen LogP contribution in [-0.4, -0.2) is 43.6 Å². The monoisotopic (exact) mass is 428 g/mol. The fourth-order valence-corrected chi connectivity index (χ4v) is 3.47. The van der Waals surface area contributed by atoms with E-state index >= 15 is 0 Å². The number of halogens is 1. The van der Waals surface area contributed by atoms with Crippen molar-refractivity contribution in [3.8, 4) is 5.75 Å². The number of hydrogen-bond acceptors (Lipinski definition) is 5. The third kappa shape index (κ3) is 4.50. The first-order valence-corrected chi connectivity index (χ1v) is 10.2. The minimum Gasteiger partial charge on any atom is -0.494 e. The Bertz CT molecular complexity index is 970. The normalized spacial score (nSPS) is 13.9. The maximum absolute atomic E-state index is 13.2. The van der Waals surface area contributed by atoms with E-state index < -0.39 is 0 Å². The Labute approximate surface area is 181 Å². The fraction of sp³-hybridized carbons (Fsp3) is 0.304. The van der Waals surface area contributed by atoms with Gasteiger partial charge >= 0.3 is 0 Å². The molecule has 1 aliphatic rings. The Morgan fingerprint density at radius 2 is 1.80 bits per heavy atom. The molecule has 0 spiro atoms. The minimum absolute atomic E-state index is 0.243. The molecular formula is C23H25ClN2O4. The standard InChI is InChI=1S/C23H25ClN2O4/c1-4-30-17-11-9-16(10-12-17)20-21(25-19-8-5-7-18(24)15(19)2)23(28)26(22(20)27)13-6-14-29-3/h5,7-12,25H,4,6,13-14H2,1-3H3. The van der Waals surface area contributed by atoms with Crippen LogP contribution in [0, 0.1) is 6.92 Å². The average molecular weight is 429 g/mol. The lowest BCUT2D eigenvalue weighted by Gasteiger charge is -2.15. The molecule has 0 atom stereocenters. The summed E-state index contributed by atoms with van der Waals surface area (Å²) in [5.74, 6) is 0.0116. The predicted octanol–water partition coefficient (Wildman–Crippen LogP) is 4.28. The largest absolute Gasteiger partial charge is 0.494 e. The van der Waals surface area contributed by atoms with E-state index in [0.717, 1.165) is 5.56 Å². The van der Waals surface area contributed by atoms with Crippen LogP contribution in [0.15, 0.2) is 48.2 Å². The minimum atomic E-state index is -0.362. The molecule has 0 radical (unpaired) electrons. The van der Waals surface area contributed by atoms with Crippen molar-refractivity contribution in [2.45, 2.75) is 20.3 Å². The van der Waals surface area contributed by atoms with Crippen LogP contribution in [0.2, 0.25) is 5.02 Å². The van der Waals surface area contributed by atoms with Crippen LogP contribution in [0.3, 0.4) is 0 Å². The maximum atomic E-state index is 13.2. The lowest BCUT2D eigenvalue weighted by molar-refractivity contribution is -0.136. The van der Waals surface area contributed by atoms with Gasteiger partial charge < -0.3 is 14.8 Å². The highest BCUT2D eigenvalue weighted by atomic mass is 35.5. The second-order valence-corrected chi connectivity index (χ2v) is 7.26. The Morgan fingerprint density at radius 3 is 2.47 bits per heavy atom. The van der Waals surface area contributed by atoms with Crippen molar-refractivity contribution >= 4 is 34.7 Å². The molecule has 0 saturated carbocycles. The summed E-state index contributed by atoms with van der Waals surface area (Å²) in [7, 11) is 1.59. The van der Waals surface area contributed by atoms with E-state index in [2.05, 4.69) is 5.32 Å². The highest BCUT2D eigenvalue weighted by Crippen LogP contribution is 2.33. The van der Waals surface area contributed by atoms with E-state index in [1.165, 1.54) is 4.90 Å². The van der Waals surface area contributed by atoms with Crippen molar-refractivity contribution in [2.24, 2.45) is 0 Å². The molecule has 2 amide bonds. The Kier molecular flexibility index (Phi) is 7.13. The van der Waals surface area contributed by atoms with Crippen LogP contribution in [0.25, 0.3) is 5.57 Å². The van der Waals surface area contributed by atoms with Gasteiger partial charge in [-0.25, -0.2) is 0 Å². The molecule has 1 aliphatic heterocycles. The number of nitrogens with one attached hydrogen (secondary N) is 1. The van der Waals surface area contributed by atoms with Gasteiger partial charge in [0.1, 0.15) is 11.4 Å². The van der Waals surface area contributed by atoms with Gasteiger partial charge in [-0.2, -0.15) is 0 Å². The van der Waals surface area contributed by atoms with E-state index in [1.54, 1.807) is 43.5 Å². The molecule has 30 heavy (non-hydrogen) atoms. The van der Waals surface area contributed by atoms with Crippen molar-refractivity contribution in [1.82, 2.24) is 4.90 Å². The summed E-state index contributed by atoms with van der Waals surface area (Å²) in [5, 5.41) is 3.74. The zero-order valence-electron chi connectivity index (χ0n) is 17.3. The summed E-state index contributed by atoms with van der Waals surface area (Å²) >= 11 is 6.23. The lowest BCUT2D eigenvalue weighted by atomic mass is 10.0. The number of nitrogens with zero attached hydrogens (tertiary/aromatic N) is 1. The van der Waals surface area contributed by atoms with Crippen molar-refractivity contribution in [3.05, 3.63) is 64.3 Å². The summed E-state index contributed by atoms with van der Waals surface area (Å²) in [5.41, 5.74) is 2.71. The number of anilines is 1. The van der Waals surface area contributed by atoms with Crippen molar-refractivity contribution < 1.29 is 19.1 Å². The van der Waals surface area contributed by atoms with Crippen LogP contribution < -0.4 is 10.1 Å². The number of imide groups is 1. The molecule has 158 valence electrons. The number of ether oxygens (including phenoxy) is 2. The van der Waals surface area contributed by atoms with Crippen molar-refractivity contribution in [1.29, 1.82) is 0 Å². The fourth-order valence-electron chi connectivity index (χ4n) is 3.29. The van der Waals surface area contributed by atoms with Gasteiger partial charge in [-0.15, -0.1) is 0 Å². The highest BCUT2D eigenvalue weighted by molar-refractivity contribution is 6.36. The SMILES string of the molecule is CCOc1ccc(C2=C(Nc3cccc(Cl)c3C)C(=O)N(CCCOC)C2=O)cc1. The summed E-state index contributed by atoms with van der Waals surface area (Å²) in [6.45, 7) is 5.06. The molecule has 0 fully saturated rings. The van der Waals surface area contributed by atoms with Crippen LogP contribution >= 0.6 is 11.6 Å². The molecule has 3 rings (SSSR count). The van der Waals surface area contributed by atoms with Gasteiger partial charge in [0.25, 0.3) is 11.8 Å². The average Bonchev–Trinajstić information content (AvgIpc) is 2.96. The maximum Gasteiger partial charge on any atom is 0.278 e. The van der Waals surface area contributed by atoms with Crippen LogP contribution in [-0.2, 0) is 14.3 Å². The molecule has 0 saturated heterocycles. The van der Waals surface area contributed by atoms with Crippen LogP contribution in [0.5, 0.6) is 5.75 Å². The predicted molar refractivity (Wildman–Crippen MR) is 118 cm³/mol. The molecule has 2 aromatic rings. The van der Waals surface area contributed by atoms with Crippen molar-refractivity contribution in [3.63, 3.8) is 0 Å². The van der Waals surface area contributed by atoms with Gasteiger partial charge in [0.15, 0.2) is 0 Å². The number of rotatable bonds is 9. The first-order chi connectivity index (χ1) is 14.5. The first kappa shape index (κ1) is 21.9. The van der Waals surface area contributed by atoms with Gasteiger partial charge in [-0.05, 0) is 55.7 Å². The Hall–Kier alpha value is -2.83. The number of benzene rings is 2. The van der Waals surface area contributed by atoms with Gasteiger partial charge in [0, 0.05) is 31.0 Å². The Morgan fingerprint density at radius 1 is 1.07 bits per heavy atom. The topological polar surface area (TPSA) is 67.9 Å². The van der Waals surface area contributed by atoms with E-state index in [-0.39, 0.29) is 24.1 Å². The highest BCUT2D eigenvalue weighted by Gasteiger charge is 2.39. The van der Waals surface area contributed by atoms with Gasteiger partial charge in [0.05, 0.1) is 12.2 Å². The lowest BCUT2D eigenvalue weighted by Crippen LogP contribution is -2.34. The molecule has 0 aliphatic carbocycles. The number of hydrogen-bond donors (Lipinski definition) is 1. The molecule has 1 heterocycles. The van der Waals surface area contributed by atoms with Crippen LogP contribution in [0.1, 0.15) is 24.5 Å². The van der Waals surface area contributed by atoms with Gasteiger partial charge in [0.2, 0.25) is 0 Å². The molecular weight excluding hydrogens is 404 g/mol. The summed E-state index contributed by atoms with van der Waals surface area (Å²) in [4.78, 5) is 27.6. The zero-order valence-corrected chi connectivity index (χ0v) is 18.1. The summed E-state index contributed by atoms with van der Waals surface area (Å²) in [6.07, 6.45) is 0.564. The first-order valence-electron chi connectivity index (χ1n) is 9.82. The van der Waals surface area contributed by atoms with Gasteiger partial charge in [-0.1, -0.05) is 29.8 Å². The number of amides is 2. The van der Waals surface area contributed by atoms with E-state index in [4.69, 9.17) is 21.1 Å². The molecule has 0 bridgehead atoms. The van der Waals surface area contributed by atoms with Gasteiger partial charge in [-0.3, -0.25) is 14.5 Å². The second kappa shape index (κ2) is 9.78. The number of methoxy groups -OCH3 is 1. The molecule has 7 heteroatoms. The quantitative estimate of drug-likeness (QED) is 0.477. The van der Waals surface area contributed by atoms with Crippen molar-refractivity contribution in [2.75, 3.05) is 32.2 Å². The third-order valence-corrected chi connectivity index (χ3v) is 5.29. The third-order valence-electron chi connectivity index (χ3n) is 4.88. The van der Waals surface area contributed by atoms with E-state index in [0.29, 0.717) is 47.2 Å². The summed E-state index contributed by atoms with van der Waals surface area (Å²) in [6, 6.07) is 12.6. The Balaban J connectivity index is 2.01. The molecule has 2 aromatic carbocycles.